The number of aliphatic hydroxyl groups excluding tert-OH is 1. The highest BCUT2D eigenvalue weighted by Gasteiger charge is 2.14. The van der Waals surface area contributed by atoms with Gasteiger partial charge in [-0.1, -0.05) is 13.8 Å². The standard InChI is InChI=1S/C11H15FN2O2.C2H6/c1-8-9(4-5-10(12)13-8)11(16)14(2)6-3-7-15;1-2/h4-5,15H,3,6-7H2,1-2H3;1-2H3. The first-order valence-corrected chi connectivity index (χ1v) is 6.05. The number of aliphatic hydroxyl groups is 1. The fourth-order valence-electron chi connectivity index (χ4n) is 1.37. The Labute approximate surface area is 107 Å². The van der Waals surface area contributed by atoms with E-state index in [1.165, 1.54) is 17.0 Å². The van der Waals surface area contributed by atoms with E-state index in [1.807, 2.05) is 13.8 Å². The van der Waals surface area contributed by atoms with Gasteiger partial charge in [-0.3, -0.25) is 4.79 Å². The van der Waals surface area contributed by atoms with Crippen LogP contribution < -0.4 is 0 Å². The van der Waals surface area contributed by atoms with Crippen molar-refractivity contribution in [2.45, 2.75) is 27.2 Å². The van der Waals surface area contributed by atoms with Crippen molar-refractivity contribution < 1.29 is 14.3 Å². The molecular weight excluding hydrogens is 235 g/mol. The molecule has 0 aliphatic carbocycles. The van der Waals surface area contributed by atoms with E-state index in [9.17, 15) is 9.18 Å². The predicted octanol–water partition coefficient (Wildman–Crippen LogP) is 2.01. The van der Waals surface area contributed by atoms with E-state index in [2.05, 4.69) is 4.98 Å². The number of aryl methyl sites for hydroxylation is 1. The minimum absolute atomic E-state index is 0.0400. The zero-order valence-electron chi connectivity index (χ0n) is 11.4. The lowest BCUT2D eigenvalue weighted by atomic mass is 10.2. The van der Waals surface area contributed by atoms with E-state index in [4.69, 9.17) is 5.11 Å². The third-order valence-electron chi connectivity index (χ3n) is 2.28. The molecule has 0 fully saturated rings. The van der Waals surface area contributed by atoms with Crippen LogP contribution in [0, 0.1) is 12.9 Å². The van der Waals surface area contributed by atoms with Crippen LogP contribution in [0.25, 0.3) is 0 Å². The molecule has 4 nitrogen and oxygen atoms in total. The Bertz CT molecular complexity index is 383. The van der Waals surface area contributed by atoms with Crippen molar-refractivity contribution in [2.24, 2.45) is 0 Å². The van der Waals surface area contributed by atoms with Crippen LogP contribution in [0.1, 0.15) is 36.3 Å². The molecular formula is C13H21FN2O2. The van der Waals surface area contributed by atoms with Crippen LogP contribution in [0.2, 0.25) is 0 Å². The maximum atomic E-state index is 12.7. The fourth-order valence-corrected chi connectivity index (χ4v) is 1.37. The summed E-state index contributed by atoms with van der Waals surface area (Å²) < 4.78 is 12.7. The van der Waals surface area contributed by atoms with Gasteiger partial charge in [0.1, 0.15) is 0 Å². The van der Waals surface area contributed by atoms with Crippen molar-refractivity contribution in [1.29, 1.82) is 0 Å². The topological polar surface area (TPSA) is 53.4 Å². The lowest BCUT2D eigenvalue weighted by Gasteiger charge is -2.17. The third kappa shape index (κ3) is 4.79. The monoisotopic (exact) mass is 256 g/mol. The Morgan fingerprint density at radius 1 is 1.44 bits per heavy atom. The molecule has 1 amide bonds. The summed E-state index contributed by atoms with van der Waals surface area (Å²) in [6.07, 6.45) is 0.524. The number of pyridine rings is 1. The summed E-state index contributed by atoms with van der Waals surface area (Å²) in [4.78, 5) is 16.9. The van der Waals surface area contributed by atoms with Gasteiger partial charge < -0.3 is 10.0 Å². The van der Waals surface area contributed by atoms with Crippen LogP contribution in [0.4, 0.5) is 4.39 Å². The van der Waals surface area contributed by atoms with E-state index < -0.39 is 5.95 Å². The SMILES string of the molecule is CC.Cc1nc(F)ccc1C(=O)N(C)CCCO. The van der Waals surface area contributed by atoms with Crippen LogP contribution in [-0.2, 0) is 0 Å². The van der Waals surface area contributed by atoms with Crippen LogP contribution in [-0.4, -0.2) is 41.1 Å². The van der Waals surface area contributed by atoms with Gasteiger partial charge in [0.05, 0.1) is 11.3 Å². The van der Waals surface area contributed by atoms with E-state index in [-0.39, 0.29) is 12.5 Å². The molecule has 0 spiro atoms. The van der Waals surface area contributed by atoms with Crippen molar-refractivity contribution in [2.75, 3.05) is 20.2 Å². The highest BCUT2D eigenvalue weighted by atomic mass is 19.1. The van der Waals surface area contributed by atoms with Crippen LogP contribution in [0.3, 0.4) is 0 Å². The molecule has 0 aromatic carbocycles. The number of hydrogen-bond acceptors (Lipinski definition) is 3. The number of halogens is 1. The Morgan fingerprint density at radius 3 is 2.56 bits per heavy atom. The molecule has 5 heteroatoms. The summed E-state index contributed by atoms with van der Waals surface area (Å²) in [5.74, 6) is -0.800. The van der Waals surface area contributed by atoms with Gasteiger partial charge in [0.2, 0.25) is 5.95 Å². The molecule has 102 valence electrons. The number of aromatic nitrogens is 1. The van der Waals surface area contributed by atoms with Gasteiger partial charge in [0.25, 0.3) is 5.91 Å². The lowest BCUT2D eigenvalue weighted by molar-refractivity contribution is 0.0785. The molecule has 0 atom stereocenters. The molecule has 1 aromatic heterocycles. The van der Waals surface area contributed by atoms with Crippen molar-refractivity contribution in [3.05, 3.63) is 29.3 Å². The van der Waals surface area contributed by atoms with Gasteiger partial charge in [-0.2, -0.15) is 4.39 Å². The van der Waals surface area contributed by atoms with Gasteiger partial charge >= 0.3 is 0 Å². The molecule has 18 heavy (non-hydrogen) atoms. The van der Waals surface area contributed by atoms with Crippen LogP contribution in [0.15, 0.2) is 12.1 Å². The smallest absolute Gasteiger partial charge is 0.255 e. The van der Waals surface area contributed by atoms with Gasteiger partial charge in [0.15, 0.2) is 0 Å². The Balaban J connectivity index is 0.00000137. The summed E-state index contributed by atoms with van der Waals surface area (Å²) in [7, 11) is 1.64. The predicted molar refractivity (Wildman–Crippen MR) is 68.9 cm³/mol. The molecule has 0 saturated heterocycles. The zero-order valence-corrected chi connectivity index (χ0v) is 11.4. The lowest BCUT2D eigenvalue weighted by Crippen LogP contribution is -2.29. The van der Waals surface area contributed by atoms with E-state index in [1.54, 1.807) is 14.0 Å². The van der Waals surface area contributed by atoms with E-state index >= 15 is 0 Å². The quantitative estimate of drug-likeness (QED) is 0.838. The molecule has 1 N–H and O–H groups in total. The van der Waals surface area contributed by atoms with Crippen molar-refractivity contribution >= 4 is 5.91 Å². The molecule has 1 aromatic rings. The first-order valence-electron chi connectivity index (χ1n) is 6.05. The maximum Gasteiger partial charge on any atom is 0.255 e. The van der Waals surface area contributed by atoms with Crippen LogP contribution >= 0.6 is 0 Å². The molecule has 0 radical (unpaired) electrons. The second-order valence-electron chi connectivity index (χ2n) is 3.57. The molecule has 1 rings (SSSR count). The van der Waals surface area contributed by atoms with Gasteiger partial charge in [-0.25, -0.2) is 4.98 Å². The summed E-state index contributed by atoms with van der Waals surface area (Å²) >= 11 is 0. The number of hydrogen-bond donors (Lipinski definition) is 1. The molecule has 0 bridgehead atoms. The number of rotatable bonds is 4. The average molecular weight is 256 g/mol. The highest BCUT2D eigenvalue weighted by molar-refractivity contribution is 5.94. The molecule has 0 aliphatic rings. The minimum atomic E-state index is -0.591. The molecule has 0 aliphatic heterocycles. The summed E-state index contributed by atoms with van der Waals surface area (Å²) in [5, 5.41) is 8.66. The largest absolute Gasteiger partial charge is 0.396 e. The second-order valence-corrected chi connectivity index (χ2v) is 3.57. The zero-order chi connectivity index (χ0) is 14.1. The number of carbonyl (C=O) groups excluding carboxylic acids is 1. The second kappa shape index (κ2) is 8.58. The van der Waals surface area contributed by atoms with Crippen molar-refractivity contribution in [3.63, 3.8) is 0 Å². The Morgan fingerprint density at radius 2 is 2.06 bits per heavy atom. The molecule has 0 unspecified atom stereocenters. The van der Waals surface area contributed by atoms with Gasteiger partial charge in [0, 0.05) is 20.2 Å². The summed E-state index contributed by atoms with van der Waals surface area (Å²) in [5.41, 5.74) is 0.766. The Hall–Kier alpha value is -1.49. The first kappa shape index (κ1) is 16.5. The Kier molecular flexibility index (Phi) is 7.87. The van der Waals surface area contributed by atoms with Gasteiger partial charge in [-0.15, -0.1) is 0 Å². The highest BCUT2D eigenvalue weighted by Crippen LogP contribution is 2.09. The number of carbonyl (C=O) groups is 1. The summed E-state index contributed by atoms with van der Waals surface area (Å²) in [6, 6.07) is 2.59. The van der Waals surface area contributed by atoms with Gasteiger partial charge in [-0.05, 0) is 25.5 Å². The number of nitrogens with zero attached hydrogens (tertiary/aromatic N) is 2. The molecule has 1 heterocycles. The summed E-state index contributed by atoms with van der Waals surface area (Å²) in [6.45, 7) is 6.10. The number of amides is 1. The van der Waals surface area contributed by atoms with Crippen molar-refractivity contribution in [3.8, 4) is 0 Å². The normalized spacial score (nSPS) is 9.44. The van der Waals surface area contributed by atoms with E-state index in [0.29, 0.717) is 24.2 Å². The minimum Gasteiger partial charge on any atom is -0.396 e. The first-order chi connectivity index (χ1) is 8.56. The molecule has 0 saturated carbocycles. The maximum absolute atomic E-state index is 12.7. The average Bonchev–Trinajstić information content (AvgIpc) is 2.37. The van der Waals surface area contributed by atoms with Crippen LogP contribution in [0.5, 0.6) is 0 Å². The fraction of sp³-hybridized carbons (Fsp3) is 0.538. The third-order valence-corrected chi connectivity index (χ3v) is 2.28. The van der Waals surface area contributed by atoms with E-state index in [0.717, 1.165) is 0 Å². The van der Waals surface area contributed by atoms with Crippen molar-refractivity contribution in [1.82, 2.24) is 9.88 Å².